The van der Waals surface area contributed by atoms with Crippen LogP contribution in [-0.2, 0) is 6.54 Å². The van der Waals surface area contributed by atoms with Crippen LogP contribution in [0.4, 0.5) is 31.2 Å². The number of pyridine rings is 2. The lowest BCUT2D eigenvalue weighted by atomic mass is 9.99. The number of amides is 4. The van der Waals surface area contributed by atoms with Gasteiger partial charge in [-0.05, 0) is 49.2 Å². The molecule has 3 heterocycles. The van der Waals surface area contributed by atoms with Gasteiger partial charge in [-0.2, -0.15) is 0 Å². The lowest BCUT2D eigenvalue weighted by Gasteiger charge is -2.16. The normalized spacial score (nSPS) is 11.0. The summed E-state index contributed by atoms with van der Waals surface area (Å²) in [5.74, 6) is -0.305. The Morgan fingerprint density at radius 1 is 1.02 bits per heavy atom. The zero-order chi connectivity index (χ0) is 28.6. The summed E-state index contributed by atoms with van der Waals surface area (Å²) in [5.41, 5.74) is 2.23. The number of aromatic nitrogens is 2. The number of carbonyl (C=O) groups is 2. The monoisotopic (exact) mass is 558 g/mol. The number of hydrogen-bond acceptors (Lipinski definition) is 5. The molecule has 0 radical (unpaired) electrons. The van der Waals surface area contributed by atoms with Crippen LogP contribution in [0.2, 0.25) is 0 Å². The number of urea groups is 2. The number of hydrogen-bond donors (Lipinski definition) is 3. The number of rotatable bonds is 5. The third-order valence-electron chi connectivity index (χ3n) is 6.52. The predicted molar refractivity (Wildman–Crippen MR) is 159 cm³/mol. The zero-order valence-electron chi connectivity index (χ0n) is 22.3. The summed E-state index contributed by atoms with van der Waals surface area (Å²) >= 11 is 1.50. The first kappa shape index (κ1) is 26.8. The number of carbonyl (C=O) groups excluding carboxylic acids is 2. The van der Waals surface area contributed by atoms with E-state index in [1.54, 1.807) is 43.9 Å². The maximum absolute atomic E-state index is 15.0. The van der Waals surface area contributed by atoms with Gasteiger partial charge in [-0.25, -0.2) is 19.0 Å². The summed E-state index contributed by atoms with van der Waals surface area (Å²) in [6.45, 7) is 3.90. The average Bonchev–Trinajstić information content (AvgIpc) is 3.32. The highest BCUT2D eigenvalue weighted by atomic mass is 32.1. The molecule has 0 aliphatic heterocycles. The van der Waals surface area contributed by atoms with Gasteiger partial charge in [0.1, 0.15) is 11.6 Å². The average molecular weight is 559 g/mol. The van der Waals surface area contributed by atoms with Gasteiger partial charge in [-0.15, -0.1) is 11.3 Å². The van der Waals surface area contributed by atoms with Crippen LogP contribution in [0.5, 0.6) is 0 Å². The maximum atomic E-state index is 15.0. The van der Waals surface area contributed by atoms with Gasteiger partial charge in [-0.3, -0.25) is 10.1 Å². The van der Waals surface area contributed by atoms with Crippen molar-refractivity contribution in [1.82, 2.24) is 14.5 Å². The molecule has 0 aliphatic rings. The Bertz CT molecular complexity index is 1850. The van der Waals surface area contributed by atoms with Gasteiger partial charge in [0.25, 0.3) is 5.56 Å². The number of nitrogens with zero attached hydrogens (tertiary/aromatic N) is 3. The highest BCUT2D eigenvalue weighted by molar-refractivity contribution is 7.17. The Hall–Kier alpha value is -4.77. The number of nitrogens with one attached hydrogen (secondary N) is 3. The van der Waals surface area contributed by atoms with E-state index in [9.17, 15) is 18.8 Å². The topological polar surface area (TPSA) is 108 Å². The smallest absolute Gasteiger partial charge is 0.323 e. The molecule has 3 aromatic heterocycles. The lowest BCUT2D eigenvalue weighted by molar-refractivity contribution is 0.230. The lowest BCUT2D eigenvalue weighted by Crippen LogP contribution is -2.28. The molecule has 2 aromatic carbocycles. The van der Waals surface area contributed by atoms with Gasteiger partial charge >= 0.3 is 12.1 Å². The molecule has 3 N–H and O–H groups in total. The number of anilines is 3. The highest BCUT2D eigenvalue weighted by Crippen LogP contribution is 2.32. The first-order valence-corrected chi connectivity index (χ1v) is 13.4. The fourth-order valence-electron chi connectivity index (χ4n) is 4.48. The Morgan fingerprint density at radius 2 is 1.77 bits per heavy atom. The second-order valence-corrected chi connectivity index (χ2v) is 10.3. The SMILES string of the molecule is CCn1c(=O)c(-c2cc(NC(=O)Nc3csc4ccccc34)c(F)cc2C)cc2cnc(NC(=O)N(C)C)cc21. The Morgan fingerprint density at radius 3 is 2.52 bits per heavy atom. The van der Waals surface area contributed by atoms with Crippen LogP contribution < -0.4 is 21.5 Å². The minimum atomic E-state index is -0.619. The van der Waals surface area contributed by atoms with Gasteiger partial charge in [-0.1, -0.05) is 18.2 Å². The highest BCUT2D eigenvalue weighted by Gasteiger charge is 2.18. The number of halogens is 1. The van der Waals surface area contributed by atoms with Crippen molar-refractivity contribution in [3.8, 4) is 11.1 Å². The molecule has 0 bridgehead atoms. The van der Waals surface area contributed by atoms with Crippen molar-refractivity contribution in [2.24, 2.45) is 0 Å². The van der Waals surface area contributed by atoms with Gasteiger partial charge in [0, 0.05) is 59.3 Å². The molecule has 0 spiro atoms. The van der Waals surface area contributed by atoms with Crippen LogP contribution in [-0.4, -0.2) is 40.6 Å². The van der Waals surface area contributed by atoms with E-state index >= 15 is 0 Å². The molecule has 0 aliphatic carbocycles. The van der Waals surface area contributed by atoms with Gasteiger partial charge in [0.2, 0.25) is 0 Å². The predicted octanol–water partition coefficient (Wildman–Crippen LogP) is 6.48. The molecular weight excluding hydrogens is 531 g/mol. The third kappa shape index (κ3) is 5.10. The summed E-state index contributed by atoms with van der Waals surface area (Å²) in [4.78, 5) is 44.2. The number of fused-ring (bicyclic) bond motifs is 2. The molecule has 9 nitrogen and oxygen atoms in total. The van der Waals surface area contributed by atoms with Crippen molar-refractivity contribution < 1.29 is 14.0 Å². The van der Waals surface area contributed by atoms with Crippen LogP contribution in [0.15, 0.2) is 64.9 Å². The standard InChI is InChI=1S/C29H27FN6O3S/c1-5-36-24-13-26(34-29(39)35(3)4)31-14-17(24)11-20(27(36)37)19-12-22(21(30)10-16(19)2)32-28(38)33-23-15-40-25-9-7-6-8-18(23)25/h6-15H,5H2,1-4H3,(H,31,34,39)(H2,32,33,38). The molecule has 0 saturated heterocycles. The summed E-state index contributed by atoms with van der Waals surface area (Å²) in [6, 6.07) is 12.8. The van der Waals surface area contributed by atoms with E-state index in [1.807, 2.05) is 36.6 Å². The van der Waals surface area contributed by atoms with E-state index < -0.39 is 11.8 Å². The van der Waals surface area contributed by atoms with Crippen LogP contribution in [0.1, 0.15) is 12.5 Å². The van der Waals surface area contributed by atoms with Gasteiger partial charge in [0.15, 0.2) is 0 Å². The van der Waals surface area contributed by atoms with E-state index in [0.29, 0.717) is 45.6 Å². The van der Waals surface area contributed by atoms with Crippen LogP contribution in [0.3, 0.4) is 0 Å². The third-order valence-corrected chi connectivity index (χ3v) is 7.48. The quantitative estimate of drug-likeness (QED) is 0.229. The minimum absolute atomic E-state index is 0.0555. The molecule has 11 heteroatoms. The van der Waals surface area contributed by atoms with Crippen LogP contribution in [0, 0.1) is 12.7 Å². The van der Waals surface area contributed by atoms with E-state index in [1.165, 1.54) is 28.4 Å². The summed E-state index contributed by atoms with van der Waals surface area (Å²) < 4.78 is 17.6. The molecule has 0 atom stereocenters. The first-order chi connectivity index (χ1) is 19.2. The molecule has 40 heavy (non-hydrogen) atoms. The summed E-state index contributed by atoms with van der Waals surface area (Å²) in [6.07, 6.45) is 1.58. The van der Waals surface area contributed by atoms with E-state index in [4.69, 9.17) is 0 Å². The molecule has 0 saturated carbocycles. The Kier molecular flexibility index (Phi) is 7.22. The van der Waals surface area contributed by atoms with Crippen LogP contribution in [0.25, 0.3) is 32.1 Å². The molecule has 0 fully saturated rings. The van der Waals surface area contributed by atoms with Crippen molar-refractivity contribution in [2.45, 2.75) is 20.4 Å². The molecule has 0 unspecified atom stereocenters. The van der Waals surface area contributed by atoms with E-state index in [2.05, 4.69) is 20.9 Å². The fourth-order valence-corrected chi connectivity index (χ4v) is 5.37. The van der Waals surface area contributed by atoms with Crippen molar-refractivity contribution >= 4 is 61.6 Å². The van der Waals surface area contributed by atoms with Crippen molar-refractivity contribution in [3.63, 3.8) is 0 Å². The number of benzene rings is 2. The number of aryl methyl sites for hydroxylation is 2. The minimum Gasteiger partial charge on any atom is -0.331 e. The number of thiophene rings is 1. The van der Waals surface area contributed by atoms with Gasteiger partial charge in [0.05, 0.1) is 16.9 Å². The molecule has 5 rings (SSSR count). The first-order valence-electron chi connectivity index (χ1n) is 12.5. The zero-order valence-corrected chi connectivity index (χ0v) is 23.1. The summed E-state index contributed by atoms with van der Waals surface area (Å²) in [5, 5.41) is 11.4. The fraction of sp³-hybridized carbons (Fsp3) is 0.172. The second-order valence-electron chi connectivity index (χ2n) is 9.43. The molecule has 4 amide bonds. The van der Waals surface area contributed by atoms with E-state index in [0.717, 1.165) is 10.1 Å². The molecule has 5 aromatic rings. The maximum Gasteiger partial charge on any atom is 0.323 e. The van der Waals surface area contributed by atoms with Crippen molar-refractivity contribution in [1.29, 1.82) is 0 Å². The van der Waals surface area contributed by atoms with Gasteiger partial charge < -0.3 is 20.1 Å². The second kappa shape index (κ2) is 10.8. The summed E-state index contributed by atoms with van der Waals surface area (Å²) in [7, 11) is 3.24. The molecule has 204 valence electrons. The Labute approximate surface area is 233 Å². The van der Waals surface area contributed by atoms with Crippen molar-refractivity contribution in [3.05, 3.63) is 81.8 Å². The van der Waals surface area contributed by atoms with Crippen molar-refractivity contribution in [2.75, 3.05) is 30.0 Å². The van der Waals surface area contributed by atoms with Crippen LogP contribution >= 0.6 is 11.3 Å². The largest absolute Gasteiger partial charge is 0.331 e. The molecular formula is C29H27FN6O3S. The Balaban J connectivity index is 1.50. The van der Waals surface area contributed by atoms with E-state index in [-0.39, 0.29) is 17.3 Å².